The van der Waals surface area contributed by atoms with Gasteiger partial charge in [0.15, 0.2) is 0 Å². The van der Waals surface area contributed by atoms with Crippen molar-refractivity contribution in [1.29, 1.82) is 0 Å². The van der Waals surface area contributed by atoms with Crippen molar-refractivity contribution in [1.82, 2.24) is 4.90 Å². The minimum Gasteiger partial charge on any atom is -0.480 e. The molecule has 0 amide bonds. The van der Waals surface area contributed by atoms with Crippen molar-refractivity contribution < 1.29 is 9.90 Å². The van der Waals surface area contributed by atoms with E-state index in [1.165, 1.54) is 19.3 Å². The highest BCUT2D eigenvalue weighted by Crippen LogP contribution is 2.40. The molecular weight excluding hydrogens is 214 g/mol. The Kier molecular flexibility index (Phi) is 4.23. The highest BCUT2D eigenvalue weighted by molar-refractivity contribution is 5.77. The molecule has 17 heavy (non-hydrogen) atoms. The first-order valence-corrected chi connectivity index (χ1v) is 6.73. The maximum atomic E-state index is 11.4. The van der Waals surface area contributed by atoms with Gasteiger partial charge in [-0.05, 0) is 38.6 Å². The number of hydrogen-bond acceptors (Lipinski definition) is 2. The van der Waals surface area contributed by atoms with Crippen LogP contribution in [0, 0.1) is 5.41 Å². The van der Waals surface area contributed by atoms with E-state index in [0.717, 1.165) is 13.0 Å². The van der Waals surface area contributed by atoms with E-state index in [1.807, 2.05) is 13.8 Å². The van der Waals surface area contributed by atoms with Gasteiger partial charge in [-0.2, -0.15) is 0 Å². The van der Waals surface area contributed by atoms with Crippen LogP contribution in [0.2, 0.25) is 0 Å². The Bertz CT molecular complexity index is 284. The third-order valence-electron chi connectivity index (χ3n) is 4.41. The Labute approximate surface area is 105 Å². The average molecular weight is 241 g/mol. The lowest BCUT2D eigenvalue weighted by Crippen LogP contribution is -2.59. The molecule has 1 aliphatic carbocycles. The van der Waals surface area contributed by atoms with Crippen LogP contribution in [0.5, 0.6) is 0 Å². The van der Waals surface area contributed by atoms with Gasteiger partial charge in [0.25, 0.3) is 0 Å². The summed E-state index contributed by atoms with van der Waals surface area (Å²) in [7, 11) is 0. The van der Waals surface area contributed by atoms with E-state index in [9.17, 15) is 9.90 Å². The molecule has 1 unspecified atom stereocenters. The molecule has 3 nitrogen and oxygen atoms in total. The summed E-state index contributed by atoms with van der Waals surface area (Å²) in [4.78, 5) is 13.6. The highest BCUT2D eigenvalue weighted by atomic mass is 16.4. The molecule has 1 saturated carbocycles. The Balaban J connectivity index is 2.97. The van der Waals surface area contributed by atoms with Gasteiger partial charge in [0.2, 0.25) is 0 Å². The van der Waals surface area contributed by atoms with E-state index < -0.39 is 11.5 Å². The van der Waals surface area contributed by atoms with Crippen LogP contribution in [0.1, 0.15) is 60.3 Å². The maximum Gasteiger partial charge on any atom is 0.323 e. The van der Waals surface area contributed by atoms with E-state index in [0.29, 0.717) is 6.04 Å². The first kappa shape index (κ1) is 14.5. The zero-order chi connectivity index (χ0) is 13.3. The van der Waals surface area contributed by atoms with Crippen LogP contribution < -0.4 is 0 Å². The third kappa shape index (κ3) is 2.82. The third-order valence-corrected chi connectivity index (χ3v) is 4.41. The van der Waals surface area contributed by atoms with E-state index in [2.05, 4.69) is 25.7 Å². The number of rotatable bonds is 4. The minimum absolute atomic E-state index is 0.223. The fraction of sp³-hybridized carbons (Fsp3) is 0.929. The van der Waals surface area contributed by atoms with Crippen molar-refractivity contribution in [3.8, 4) is 0 Å². The summed E-state index contributed by atoms with van der Waals surface area (Å²) >= 11 is 0. The zero-order valence-electron chi connectivity index (χ0n) is 11.9. The molecule has 0 aromatic carbocycles. The van der Waals surface area contributed by atoms with Crippen molar-refractivity contribution in [2.24, 2.45) is 5.41 Å². The van der Waals surface area contributed by atoms with Crippen molar-refractivity contribution in [3.05, 3.63) is 0 Å². The molecule has 0 radical (unpaired) electrons. The molecule has 100 valence electrons. The van der Waals surface area contributed by atoms with E-state index in [-0.39, 0.29) is 5.41 Å². The quantitative estimate of drug-likeness (QED) is 0.822. The first-order valence-electron chi connectivity index (χ1n) is 6.73. The second kappa shape index (κ2) is 4.97. The van der Waals surface area contributed by atoms with Gasteiger partial charge in [-0.1, -0.05) is 33.6 Å². The first-order chi connectivity index (χ1) is 7.73. The summed E-state index contributed by atoms with van der Waals surface area (Å²) in [6, 6.07) is 0.382. The molecule has 0 spiro atoms. The van der Waals surface area contributed by atoms with Crippen molar-refractivity contribution in [2.75, 3.05) is 6.54 Å². The van der Waals surface area contributed by atoms with Crippen LogP contribution in [0.4, 0.5) is 0 Å². The lowest BCUT2D eigenvalue weighted by atomic mass is 9.71. The van der Waals surface area contributed by atoms with E-state index >= 15 is 0 Å². The van der Waals surface area contributed by atoms with Crippen molar-refractivity contribution in [2.45, 2.75) is 71.9 Å². The molecule has 0 aromatic rings. The molecule has 0 heterocycles. The number of nitrogens with zero attached hydrogens (tertiary/aromatic N) is 1. The highest BCUT2D eigenvalue weighted by Gasteiger charge is 2.44. The molecule has 1 atom stereocenters. The van der Waals surface area contributed by atoms with Crippen LogP contribution in [-0.2, 0) is 4.79 Å². The van der Waals surface area contributed by atoms with E-state index in [1.54, 1.807) is 0 Å². The van der Waals surface area contributed by atoms with Crippen LogP contribution in [0.25, 0.3) is 0 Å². The SMILES string of the molecule is CCN(C1CCCCC1(C)C)C(C)(C)C(=O)O. The van der Waals surface area contributed by atoms with Gasteiger partial charge < -0.3 is 5.11 Å². The number of hydrogen-bond donors (Lipinski definition) is 1. The van der Waals surface area contributed by atoms with Crippen LogP contribution in [0.3, 0.4) is 0 Å². The fourth-order valence-electron chi connectivity index (χ4n) is 3.18. The smallest absolute Gasteiger partial charge is 0.323 e. The van der Waals surface area contributed by atoms with Gasteiger partial charge in [0, 0.05) is 6.04 Å². The van der Waals surface area contributed by atoms with Gasteiger partial charge in [-0.25, -0.2) is 0 Å². The van der Waals surface area contributed by atoms with Crippen molar-refractivity contribution >= 4 is 5.97 Å². The number of carbonyl (C=O) groups is 1. The van der Waals surface area contributed by atoms with Crippen molar-refractivity contribution in [3.63, 3.8) is 0 Å². The zero-order valence-corrected chi connectivity index (χ0v) is 11.9. The predicted octanol–water partition coefficient (Wildman–Crippen LogP) is 3.14. The molecule has 1 aliphatic rings. The largest absolute Gasteiger partial charge is 0.480 e. The summed E-state index contributed by atoms with van der Waals surface area (Å²) in [5.74, 6) is -0.722. The lowest BCUT2D eigenvalue weighted by molar-refractivity contribution is -0.153. The molecule has 1 rings (SSSR count). The van der Waals surface area contributed by atoms with Gasteiger partial charge in [-0.3, -0.25) is 9.69 Å². The Morgan fingerprint density at radius 1 is 1.41 bits per heavy atom. The second-order valence-corrected chi connectivity index (χ2v) is 6.40. The molecule has 0 bridgehead atoms. The molecule has 0 saturated heterocycles. The normalized spacial score (nSPS) is 24.9. The van der Waals surface area contributed by atoms with Gasteiger partial charge in [0.05, 0.1) is 0 Å². The monoisotopic (exact) mass is 241 g/mol. The van der Waals surface area contributed by atoms with Gasteiger partial charge in [0.1, 0.15) is 5.54 Å². The average Bonchev–Trinajstić information content (AvgIpc) is 2.20. The Morgan fingerprint density at radius 3 is 2.41 bits per heavy atom. The van der Waals surface area contributed by atoms with Crippen LogP contribution in [-0.4, -0.2) is 34.1 Å². The van der Waals surface area contributed by atoms with Crippen LogP contribution in [0.15, 0.2) is 0 Å². The number of carboxylic acids is 1. The molecule has 1 fully saturated rings. The predicted molar refractivity (Wildman–Crippen MR) is 70.1 cm³/mol. The summed E-state index contributed by atoms with van der Waals surface area (Å²) < 4.78 is 0. The molecule has 0 aliphatic heterocycles. The summed E-state index contributed by atoms with van der Waals surface area (Å²) in [6.45, 7) is 11.1. The fourth-order valence-corrected chi connectivity index (χ4v) is 3.18. The topological polar surface area (TPSA) is 40.5 Å². The number of aliphatic carboxylic acids is 1. The molecule has 0 aromatic heterocycles. The van der Waals surface area contributed by atoms with Gasteiger partial charge in [-0.15, -0.1) is 0 Å². The summed E-state index contributed by atoms with van der Waals surface area (Å²) in [5.41, 5.74) is -0.547. The summed E-state index contributed by atoms with van der Waals surface area (Å²) in [6.07, 6.45) is 4.82. The maximum absolute atomic E-state index is 11.4. The Hall–Kier alpha value is -0.570. The van der Waals surface area contributed by atoms with E-state index in [4.69, 9.17) is 0 Å². The second-order valence-electron chi connectivity index (χ2n) is 6.40. The Morgan fingerprint density at radius 2 is 2.00 bits per heavy atom. The standard InChI is InChI=1S/C14H27NO2/c1-6-15(14(4,5)12(16)17)11-9-7-8-10-13(11,2)3/h11H,6-10H2,1-5H3,(H,16,17). The van der Waals surface area contributed by atoms with Crippen LogP contribution >= 0.6 is 0 Å². The molecule has 1 N–H and O–H groups in total. The summed E-state index contributed by atoms with van der Waals surface area (Å²) in [5, 5.41) is 9.40. The van der Waals surface area contributed by atoms with Gasteiger partial charge >= 0.3 is 5.97 Å². The number of likely N-dealkylation sites (N-methyl/N-ethyl adjacent to an activating group) is 1. The number of carboxylic acid groups (broad SMARTS) is 1. The minimum atomic E-state index is -0.770. The molecule has 3 heteroatoms. The lowest BCUT2D eigenvalue weighted by Gasteiger charge is -2.49. The molecular formula is C14H27NO2.